The SMILES string of the molecule is CC(CS(=O)(=O)O)N=[N+]=[N-]. The van der Waals surface area contributed by atoms with Gasteiger partial charge >= 0.3 is 0 Å². The Balaban J connectivity index is 4.05. The van der Waals surface area contributed by atoms with Crippen molar-refractivity contribution < 1.29 is 13.0 Å². The number of hydrogen-bond donors (Lipinski definition) is 1. The smallest absolute Gasteiger partial charge is 0.265 e. The molecule has 0 radical (unpaired) electrons. The topological polar surface area (TPSA) is 103 Å². The van der Waals surface area contributed by atoms with E-state index in [0.29, 0.717) is 0 Å². The summed E-state index contributed by atoms with van der Waals surface area (Å²) < 4.78 is 28.4. The molecule has 1 N–H and O–H groups in total. The van der Waals surface area contributed by atoms with Gasteiger partial charge in [-0.1, -0.05) is 12.0 Å². The highest BCUT2D eigenvalue weighted by Crippen LogP contribution is 1.94. The molecule has 0 aliphatic carbocycles. The number of hydrogen-bond acceptors (Lipinski definition) is 3. The molecule has 0 rings (SSSR count). The van der Waals surface area contributed by atoms with Gasteiger partial charge in [0.25, 0.3) is 10.1 Å². The summed E-state index contributed by atoms with van der Waals surface area (Å²) in [6, 6.07) is -0.722. The second-order valence-electron chi connectivity index (χ2n) is 1.80. The summed E-state index contributed by atoms with van der Waals surface area (Å²) in [6.45, 7) is 1.40. The average Bonchev–Trinajstić information content (AvgIpc) is 1.59. The van der Waals surface area contributed by atoms with Crippen LogP contribution in [0.1, 0.15) is 6.92 Å². The summed E-state index contributed by atoms with van der Waals surface area (Å²) in [4.78, 5) is 2.37. The Morgan fingerprint density at radius 3 is 2.60 bits per heavy atom. The molecular weight excluding hydrogens is 158 g/mol. The van der Waals surface area contributed by atoms with Crippen molar-refractivity contribution in [2.45, 2.75) is 13.0 Å². The average molecular weight is 165 g/mol. The van der Waals surface area contributed by atoms with Gasteiger partial charge in [0, 0.05) is 4.91 Å². The van der Waals surface area contributed by atoms with E-state index in [0.717, 1.165) is 0 Å². The van der Waals surface area contributed by atoms with Crippen LogP contribution in [0.25, 0.3) is 10.4 Å². The predicted molar refractivity (Wildman–Crippen MR) is 35.0 cm³/mol. The van der Waals surface area contributed by atoms with Crippen LogP contribution in [-0.2, 0) is 10.1 Å². The van der Waals surface area contributed by atoms with E-state index in [4.69, 9.17) is 10.1 Å². The molecule has 0 fully saturated rings. The minimum absolute atomic E-state index is 0.531. The van der Waals surface area contributed by atoms with Gasteiger partial charge in [0.2, 0.25) is 0 Å². The van der Waals surface area contributed by atoms with Crippen molar-refractivity contribution in [1.29, 1.82) is 0 Å². The van der Waals surface area contributed by atoms with Gasteiger partial charge in [0.15, 0.2) is 0 Å². The van der Waals surface area contributed by atoms with Crippen molar-refractivity contribution in [1.82, 2.24) is 0 Å². The van der Waals surface area contributed by atoms with Crippen molar-refractivity contribution in [2.75, 3.05) is 5.75 Å². The molecule has 1 atom stereocenters. The fourth-order valence-electron chi connectivity index (χ4n) is 0.426. The van der Waals surface area contributed by atoms with Crippen LogP contribution in [0.5, 0.6) is 0 Å². The van der Waals surface area contributed by atoms with Crippen molar-refractivity contribution in [3.05, 3.63) is 10.4 Å². The molecule has 0 spiro atoms. The fourth-order valence-corrected chi connectivity index (χ4v) is 1.10. The molecule has 6 nitrogen and oxygen atoms in total. The van der Waals surface area contributed by atoms with Gasteiger partial charge in [0.1, 0.15) is 0 Å². The van der Waals surface area contributed by atoms with Gasteiger partial charge in [-0.05, 0) is 5.53 Å². The maximum absolute atomic E-state index is 10.1. The normalized spacial score (nSPS) is 13.8. The quantitative estimate of drug-likeness (QED) is 0.286. The Hall–Kier alpha value is -0.780. The van der Waals surface area contributed by atoms with Gasteiger partial charge in [-0.25, -0.2) is 0 Å². The Labute approximate surface area is 58.2 Å². The van der Waals surface area contributed by atoms with E-state index in [1.165, 1.54) is 6.92 Å². The third-order valence-electron chi connectivity index (χ3n) is 0.701. The van der Waals surface area contributed by atoms with Gasteiger partial charge < -0.3 is 0 Å². The molecule has 0 saturated carbocycles. The van der Waals surface area contributed by atoms with Crippen LogP contribution in [-0.4, -0.2) is 24.8 Å². The molecule has 0 aromatic heterocycles. The lowest BCUT2D eigenvalue weighted by Crippen LogP contribution is -2.14. The molecule has 0 aromatic rings. The molecule has 0 aliphatic rings. The number of nitrogens with zero attached hydrogens (tertiary/aromatic N) is 3. The highest BCUT2D eigenvalue weighted by molar-refractivity contribution is 7.85. The number of azide groups is 1. The van der Waals surface area contributed by atoms with Gasteiger partial charge in [-0.15, -0.1) is 0 Å². The van der Waals surface area contributed by atoms with Gasteiger partial charge in [-0.3, -0.25) is 4.55 Å². The van der Waals surface area contributed by atoms with E-state index in [9.17, 15) is 8.42 Å². The first-order valence-corrected chi connectivity index (χ1v) is 4.06. The summed E-state index contributed by atoms with van der Waals surface area (Å²) in [7, 11) is -4.01. The van der Waals surface area contributed by atoms with Crippen molar-refractivity contribution in [3.8, 4) is 0 Å². The van der Waals surface area contributed by atoms with Crippen molar-refractivity contribution >= 4 is 10.1 Å². The maximum Gasteiger partial charge on any atom is 0.265 e. The Kier molecular flexibility index (Phi) is 3.14. The first kappa shape index (κ1) is 9.22. The zero-order chi connectivity index (χ0) is 8.20. The van der Waals surface area contributed by atoms with Crippen LogP contribution in [0.15, 0.2) is 5.11 Å². The second-order valence-corrected chi connectivity index (χ2v) is 3.30. The summed E-state index contributed by atoms with van der Waals surface area (Å²) in [6.07, 6.45) is 0. The standard InChI is InChI=1S/C3H7N3O3S/c1-3(5-6-4)2-10(7,8)9/h3H,2H2,1H3,(H,7,8,9). The van der Waals surface area contributed by atoms with Crippen LogP contribution in [0.4, 0.5) is 0 Å². The molecule has 0 bridgehead atoms. The first-order chi connectivity index (χ1) is 4.45. The minimum Gasteiger partial charge on any atom is -0.286 e. The molecule has 7 heteroatoms. The molecule has 10 heavy (non-hydrogen) atoms. The maximum atomic E-state index is 10.1. The Morgan fingerprint density at radius 2 is 2.30 bits per heavy atom. The summed E-state index contributed by atoms with van der Waals surface area (Å²) in [5.74, 6) is -0.531. The van der Waals surface area contributed by atoms with E-state index in [1.54, 1.807) is 0 Å². The van der Waals surface area contributed by atoms with Crippen LogP contribution < -0.4 is 0 Å². The molecule has 1 unspecified atom stereocenters. The summed E-state index contributed by atoms with van der Waals surface area (Å²) in [5.41, 5.74) is 7.82. The molecule has 0 saturated heterocycles. The predicted octanol–water partition coefficient (Wildman–Crippen LogP) is 0.573. The lowest BCUT2D eigenvalue weighted by Gasteiger charge is -1.97. The third-order valence-corrected chi connectivity index (χ3v) is 1.60. The van der Waals surface area contributed by atoms with Gasteiger partial charge in [-0.2, -0.15) is 8.42 Å². The van der Waals surface area contributed by atoms with Crippen LogP contribution in [0.3, 0.4) is 0 Å². The van der Waals surface area contributed by atoms with Crippen LogP contribution in [0.2, 0.25) is 0 Å². The Bertz CT molecular complexity index is 240. The third kappa shape index (κ3) is 5.36. The number of rotatable bonds is 3. The minimum atomic E-state index is -4.01. The van der Waals surface area contributed by atoms with E-state index in [2.05, 4.69) is 10.0 Å². The van der Waals surface area contributed by atoms with Crippen molar-refractivity contribution in [2.24, 2.45) is 5.11 Å². The van der Waals surface area contributed by atoms with E-state index in [1.807, 2.05) is 0 Å². The summed E-state index contributed by atoms with van der Waals surface area (Å²) in [5, 5.41) is 3.05. The van der Waals surface area contributed by atoms with Gasteiger partial charge in [0.05, 0.1) is 11.8 Å². The van der Waals surface area contributed by atoms with Crippen molar-refractivity contribution in [3.63, 3.8) is 0 Å². The van der Waals surface area contributed by atoms with E-state index in [-0.39, 0.29) is 0 Å². The first-order valence-electron chi connectivity index (χ1n) is 2.45. The molecule has 58 valence electrons. The molecule has 0 aromatic carbocycles. The zero-order valence-corrected chi connectivity index (χ0v) is 6.11. The van der Waals surface area contributed by atoms with Crippen LogP contribution >= 0.6 is 0 Å². The zero-order valence-electron chi connectivity index (χ0n) is 5.30. The highest BCUT2D eigenvalue weighted by atomic mass is 32.2. The molecular formula is C3H7N3O3S. The largest absolute Gasteiger partial charge is 0.286 e. The fraction of sp³-hybridized carbons (Fsp3) is 1.00. The molecule has 0 amide bonds. The summed E-state index contributed by atoms with van der Waals surface area (Å²) >= 11 is 0. The van der Waals surface area contributed by atoms with E-state index >= 15 is 0 Å². The monoisotopic (exact) mass is 165 g/mol. The second kappa shape index (κ2) is 3.40. The lowest BCUT2D eigenvalue weighted by atomic mass is 10.4. The van der Waals surface area contributed by atoms with E-state index < -0.39 is 21.9 Å². The highest BCUT2D eigenvalue weighted by Gasteiger charge is 2.09. The lowest BCUT2D eigenvalue weighted by molar-refractivity contribution is 0.478. The molecule has 0 heterocycles. The molecule has 0 aliphatic heterocycles. The van der Waals surface area contributed by atoms with Crippen LogP contribution in [0, 0.1) is 0 Å². The Morgan fingerprint density at radius 1 is 1.80 bits per heavy atom.